The van der Waals surface area contributed by atoms with Crippen LogP contribution in [-0.4, -0.2) is 40.8 Å². The van der Waals surface area contributed by atoms with Crippen LogP contribution >= 0.6 is 0 Å². The fourth-order valence-electron chi connectivity index (χ4n) is 3.50. The first-order chi connectivity index (χ1) is 14.1. The summed E-state index contributed by atoms with van der Waals surface area (Å²) in [4.78, 5) is 26.7. The molecule has 1 atom stereocenters. The molecule has 0 spiro atoms. The van der Waals surface area contributed by atoms with Gasteiger partial charge in [0.2, 0.25) is 0 Å². The molecule has 0 aromatic carbocycles. The third kappa shape index (κ3) is 9.92. The van der Waals surface area contributed by atoms with Gasteiger partial charge in [-0.2, -0.15) is 0 Å². The van der Waals surface area contributed by atoms with Crippen molar-refractivity contribution in [3.05, 3.63) is 24.3 Å². The standard InChI is InChI=1S/C25H43NO4/c1-7-8-9-10-11-12-13-14-15-16-17-18-19-22(27)21-20-29-25(5,6)26(21)23(28)30-24(2,3)4/h16-19,21H,7-15,20H2,1-6H3/b17-16+,19-18+/t21-/m0/s1. The van der Waals surface area contributed by atoms with E-state index in [1.807, 2.05) is 26.8 Å². The van der Waals surface area contributed by atoms with Gasteiger partial charge in [0, 0.05) is 0 Å². The van der Waals surface area contributed by atoms with E-state index in [1.165, 1.54) is 62.3 Å². The largest absolute Gasteiger partial charge is 0.444 e. The van der Waals surface area contributed by atoms with E-state index < -0.39 is 23.5 Å². The van der Waals surface area contributed by atoms with Crippen LogP contribution in [0.4, 0.5) is 4.79 Å². The highest BCUT2D eigenvalue weighted by atomic mass is 16.6. The Morgan fingerprint density at radius 2 is 1.63 bits per heavy atom. The van der Waals surface area contributed by atoms with E-state index in [2.05, 4.69) is 13.0 Å². The number of amides is 1. The molecule has 0 radical (unpaired) electrons. The van der Waals surface area contributed by atoms with E-state index in [9.17, 15) is 9.59 Å². The fraction of sp³-hybridized carbons (Fsp3) is 0.760. The predicted molar refractivity (Wildman–Crippen MR) is 122 cm³/mol. The molecule has 30 heavy (non-hydrogen) atoms. The Morgan fingerprint density at radius 1 is 1.03 bits per heavy atom. The summed E-state index contributed by atoms with van der Waals surface area (Å²) in [6.07, 6.45) is 18.3. The lowest BCUT2D eigenvalue weighted by Gasteiger charge is -2.34. The van der Waals surface area contributed by atoms with E-state index in [0.717, 1.165) is 6.42 Å². The number of carbonyl (C=O) groups excluding carboxylic acids is 2. The van der Waals surface area contributed by atoms with Crippen LogP contribution < -0.4 is 0 Å². The van der Waals surface area contributed by atoms with Gasteiger partial charge in [-0.1, -0.05) is 70.1 Å². The van der Waals surface area contributed by atoms with Gasteiger partial charge in [-0.15, -0.1) is 0 Å². The average Bonchev–Trinajstić information content (AvgIpc) is 2.96. The third-order valence-corrected chi connectivity index (χ3v) is 5.14. The zero-order valence-corrected chi connectivity index (χ0v) is 20.0. The van der Waals surface area contributed by atoms with Crippen molar-refractivity contribution in [1.29, 1.82) is 0 Å². The number of nitrogens with zero attached hydrogens (tertiary/aromatic N) is 1. The van der Waals surface area contributed by atoms with Gasteiger partial charge < -0.3 is 9.47 Å². The van der Waals surface area contributed by atoms with Crippen LogP contribution in [0.5, 0.6) is 0 Å². The van der Waals surface area contributed by atoms with Crippen molar-refractivity contribution in [2.45, 2.75) is 117 Å². The van der Waals surface area contributed by atoms with Crippen molar-refractivity contribution in [2.24, 2.45) is 0 Å². The molecule has 1 amide bonds. The molecule has 1 saturated heterocycles. The molecule has 0 unspecified atom stereocenters. The summed E-state index contributed by atoms with van der Waals surface area (Å²) in [5.41, 5.74) is -1.50. The van der Waals surface area contributed by atoms with E-state index in [4.69, 9.17) is 9.47 Å². The van der Waals surface area contributed by atoms with Crippen LogP contribution in [0.1, 0.15) is 99.3 Å². The Hall–Kier alpha value is -1.62. The molecule has 5 nitrogen and oxygen atoms in total. The van der Waals surface area contributed by atoms with Crippen LogP contribution in [0, 0.1) is 0 Å². The number of ether oxygens (including phenoxy) is 2. The highest BCUT2D eigenvalue weighted by Gasteiger charge is 2.48. The molecular weight excluding hydrogens is 378 g/mol. The molecule has 0 N–H and O–H groups in total. The van der Waals surface area contributed by atoms with Crippen LogP contribution in [-0.2, 0) is 14.3 Å². The molecular formula is C25H43NO4. The summed E-state index contributed by atoms with van der Waals surface area (Å²) in [5.74, 6) is -0.150. The first kappa shape index (κ1) is 26.4. The number of unbranched alkanes of at least 4 members (excludes halogenated alkanes) is 8. The van der Waals surface area contributed by atoms with Gasteiger partial charge in [0.1, 0.15) is 17.4 Å². The molecule has 1 rings (SSSR count). The monoisotopic (exact) mass is 421 g/mol. The first-order valence-corrected chi connectivity index (χ1v) is 11.6. The molecule has 0 saturated carbocycles. The quantitative estimate of drug-likeness (QED) is 0.203. The Bertz CT molecular complexity index is 586. The molecule has 1 aliphatic rings. The topological polar surface area (TPSA) is 55.8 Å². The van der Waals surface area contributed by atoms with Crippen molar-refractivity contribution in [3.8, 4) is 0 Å². The fourth-order valence-corrected chi connectivity index (χ4v) is 3.50. The summed E-state index contributed by atoms with van der Waals surface area (Å²) >= 11 is 0. The van der Waals surface area contributed by atoms with Crippen molar-refractivity contribution in [2.75, 3.05) is 6.61 Å². The maximum atomic E-state index is 12.6. The van der Waals surface area contributed by atoms with Crippen molar-refractivity contribution in [3.63, 3.8) is 0 Å². The number of allylic oxidation sites excluding steroid dienone is 3. The van der Waals surface area contributed by atoms with E-state index in [-0.39, 0.29) is 12.4 Å². The number of carbonyl (C=O) groups is 2. The summed E-state index contributed by atoms with van der Waals surface area (Å²) in [5, 5.41) is 0. The Morgan fingerprint density at radius 3 is 2.23 bits per heavy atom. The van der Waals surface area contributed by atoms with Gasteiger partial charge in [0.15, 0.2) is 5.78 Å². The molecule has 0 aromatic heterocycles. The summed E-state index contributed by atoms with van der Waals surface area (Å²) in [6.45, 7) is 11.4. The number of rotatable bonds is 12. The molecule has 172 valence electrons. The summed E-state index contributed by atoms with van der Waals surface area (Å²) in [6, 6.07) is -0.660. The third-order valence-electron chi connectivity index (χ3n) is 5.14. The second-order valence-corrected chi connectivity index (χ2v) is 9.58. The van der Waals surface area contributed by atoms with Crippen LogP contribution in [0.15, 0.2) is 24.3 Å². The second-order valence-electron chi connectivity index (χ2n) is 9.58. The van der Waals surface area contributed by atoms with Gasteiger partial charge >= 0.3 is 6.09 Å². The molecule has 1 heterocycles. The van der Waals surface area contributed by atoms with Crippen LogP contribution in [0.3, 0.4) is 0 Å². The zero-order chi connectivity index (χ0) is 22.6. The Balaban J connectivity index is 2.40. The highest BCUT2D eigenvalue weighted by Crippen LogP contribution is 2.30. The Labute approximate surface area is 183 Å². The molecule has 0 bridgehead atoms. The first-order valence-electron chi connectivity index (χ1n) is 11.6. The van der Waals surface area contributed by atoms with Crippen molar-refractivity contribution in [1.82, 2.24) is 4.90 Å². The lowest BCUT2D eigenvalue weighted by molar-refractivity contribution is -0.120. The van der Waals surface area contributed by atoms with E-state index in [1.54, 1.807) is 19.9 Å². The lowest BCUT2D eigenvalue weighted by Crippen LogP contribution is -2.51. The average molecular weight is 422 g/mol. The van der Waals surface area contributed by atoms with E-state index >= 15 is 0 Å². The van der Waals surface area contributed by atoms with Crippen molar-refractivity contribution >= 4 is 11.9 Å². The normalized spacial score (nSPS) is 19.1. The van der Waals surface area contributed by atoms with Gasteiger partial charge in [0.25, 0.3) is 0 Å². The molecule has 0 aromatic rings. The maximum Gasteiger partial charge on any atom is 0.413 e. The van der Waals surface area contributed by atoms with Gasteiger partial charge in [-0.3, -0.25) is 9.69 Å². The van der Waals surface area contributed by atoms with Gasteiger partial charge in [0.05, 0.1) is 6.61 Å². The minimum atomic E-state index is -0.872. The summed E-state index contributed by atoms with van der Waals surface area (Å²) < 4.78 is 11.2. The smallest absolute Gasteiger partial charge is 0.413 e. The van der Waals surface area contributed by atoms with Crippen LogP contribution in [0.2, 0.25) is 0 Å². The SMILES string of the molecule is CCCCCCCCCC/C=C/C=C/C(=O)[C@@H]1COC(C)(C)N1C(=O)OC(C)(C)C. The maximum absolute atomic E-state index is 12.6. The number of ketones is 1. The van der Waals surface area contributed by atoms with Crippen LogP contribution in [0.25, 0.3) is 0 Å². The molecule has 1 fully saturated rings. The molecule has 1 aliphatic heterocycles. The van der Waals surface area contributed by atoms with Gasteiger partial charge in [-0.05, 0) is 53.5 Å². The lowest BCUT2D eigenvalue weighted by atomic mass is 10.1. The second kappa shape index (κ2) is 12.9. The number of hydrogen-bond donors (Lipinski definition) is 0. The zero-order valence-electron chi connectivity index (χ0n) is 20.0. The molecule has 0 aliphatic carbocycles. The minimum absolute atomic E-state index is 0.150. The summed E-state index contributed by atoms with van der Waals surface area (Å²) in [7, 11) is 0. The molecule has 5 heteroatoms. The van der Waals surface area contributed by atoms with E-state index in [0.29, 0.717) is 0 Å². The highest BCUT2D eigenvalue weighted by molar-refractivity contribution is 5.97. The minimum Gasteiger partial charge on any atom is -0.444 e. The predicted octanol–water partition coefficient (Wildman–Crippen LogP) is 6.57. The number of hydrogen-bond acceptors (Lipinski definition) is 4. The van der Waals surface area contributed by atoms with Gasteiger partial charge in [-0.25, -0.2) is 4.79 Å². The Kier molecular flexibility index (Phi) is 11.4. The van der Waals surface area contributed by atoms with Crippen molar-refractivity contribution < 1.29 is 19.1 Å².